The average Bonchev–Trinajstić information content (AvgIpc) is 2.72. The lowest BCUT2D eigenvalue weighted by Crippen LogP contribution is -2.30. The fourth-order valence-corrected chi connectivity index (χ4v) is 2.72. The number of hydrogen-bond donors (Lipinski definition) is 1. The van der Waals surface area contributed by atoms with E-state index in [9.17, 15) is 4.79 Å². The van der Waals surface area contributed by atoms with Gasteiger partial charge < -0.3 is 5.32 Å². The molecule has 0 aromatic carbocycles. The van der Waals surface area contributed by atoms with Gasteiger partial charge in [0.25, 0.3) is 5.91 Å². The highest BCUT2D eigenvalue weighted by Gasteiger charge is 2.23. The Morgan fingerprint density at radius 2 is 2.35 bits per heavy atom. The first-order valence-electron chi connectivity index (χ1n) is 6.07. The average molecular weight is 297 g/mol. The van der Waals surface area contributed by atoms with Crippen LogP contribution in [0.25, 0.3) is 0 Å². The second-order valence-corrected chi connectivity index (χ2v) is 5.54. The molecular weight excluding hydrogens is 280 g/mol. The minimum atomic E-state index is -0.0783. The third-order valence-corrected chi connectivity index (χ3v) is 3.95. The Balaban J connectivity index is 1.89. The molecule has 0 spiro atoms. The zero-order valence-electron chi connectivity index (χ0n) is 9.95. The highest BCUT2D eigenvalue weighted by Crippen LogP contribution is 2.30. The number of aromatic nitrogens is 1. The van der Waals surface area contributed by atoms with Crippen molar-refractivity contribution in [1.29, 1.82) is 0 Å². The van der Waals surface area contributed by atoms with E-state index in [0.717, 1.165) is 12.5 Å². The van der Waals surface area contributed by atoms with Crippen LogP contribution >= 0.6 is 15.9 Å². The molecule has 3 nitrogen and oxygen atoms in total. The summed E-state index contributed by atoms with van der Waals surface area (Å²) in [5.41, 5.74) is 0.477. The molecule has 0 radical (unpaired) electrons. The number of pyridine rings is 1. The van der Waals surface area contributed by atoms with Crippen LogP contribution in [0.3, 0.4) is 0 Å². The number of rotatable bonds is 3. The van der Waals surface area contributed by atoms with Crippen LogP contribution in [0.4, 0.5) is 0 Å². The summed E-state index contributed by atoms with van der Waals surface area (Å²) in [6.07, 6.45) is 3.81. The lowest BCUT2D eigenvalue weighted by Gasteiger charge is -2.15. The van der Waals surface area contributed by atoms with Crippen LogP contribution in [0, 0.1) is 11.8 Å². The van der Waals surface area contributed by atoms with Crippen molar-refractivity contribution < 1.29 is 4.79 Å². The molecule has 1 aromatic heterocycles. The molecular formula is C13H17BrN2O. The van der Waals surface area contributed by atoms with Gasteiger partial charge in [0.15, 0.2) is 0 Å². The maximum absolute atomic E-state index is 11.9. The van der Waals surface area contributed by atoms with Crippen molar-refractivity contribution in [3.8, 4) is 0 Å². The van der Waals surface area contributed by atoms with Crippen LogP contribution in [0.2, 0.25) is 0 Å². The molecule has 2 rings (SSSR count). The summed E-state index contributed by atoms with van der Waals surface area (Å²) in [4.78, 5) is 16.0. The van der Waals surface area contributed by atoms with E-state index in [1.165, 1.54) is 19.3 Å². The van der Waals surface area contributed by atoms with Crippen molar-refractivity contribution in [1.82, 2.24) is 10.3 Å². The van der Waals surface area contributed by atoms with E-state index in [2.05, 4.69) is 33.2 Å². The minimum Gasteiger partial charge on any atom is -0.350 e. The van der Waals surface area contributed by atoms with E-state index in [1.807, 2.05) is 12.1 Å². The molecule has 1 heterocycles. The second kappa shape index (κ2) is 5.63. The van der Waals surface area contributed by atoms with Gasteiger partial charge in [-0.25, -0.2) is 4.98 Å². The molecule has 0 bridgehead atoms. The molecule has 1 aromatic rings. The summed E-state index contributed by atoms with van der Waals surface area (Å²) in [7, 11) is 0. The van der Waals surface area contributed by atoms with Crippen LogP contribution in [0.1, 0.15) is 36.7 Å². The van der Waals surface area contributed by atoms with E-state index in [4.69, 9.17) is 0 Å². The van der Waals surface area contributed by atoms with E-state index in [-0.39, 0.29) is 5.91 Å². The van der Waals surface area contributed by atoms with Crippen molar-refractivity contribution in [3.05, 3.63) is 28.5 Å². The van der Waals surface area contributed by atoms with Gasteiger partial charge >= 0.3 is 0 Å². The lowest BCUT2D eigenvalue weighted by molar-refractivity contribution is 0.0939. The van der Waals surface area contributed by atoms with E-state index in [0.29, 0.717) is 16.2 Å². The Morgan fingerprint density at radius 1 is 1.53 bits per heavy atom. The largest absolute Gasteiger partial charge is 0.350 e. The number of amides is 1. The molecule has 2 atom stereocenters. The number of nitrogens with one attached hydrogen (secondary N) is 1. The van der Waals surface area contributed by atoms with Crippen molar-refractivity contribution in [2.24, 2.45) is 11.8 Å². The summed E-state index contributed by atoms with van der Waals surface area (Å²) in [5, 5.41) is 2.98. The fraction of sp³-hybridized carbons (Fsp3) is 0.538. The first-order valence-corrected chi connectivity index (χ1v) is 6.87. The number of carbonyl (C=O) groups excluding carboxylic acids is 1. The van der Waals surface area contributed by atoms with Gasteiger partial charge in [0.1, 0.15) is 10.3 Å². The van der Waals surface area contributed by atoms with E-state index >= 15 is 0 Å². The Hall–Kier alpha value is -0.900. The SMILES string of the molecule is CC1CCCC1CNC(=O)c1cccc(Br)n1. The number of carbonyl (C=O) groups is 1. The monoisotopic (exact) mass is 296 g/mol. The van der Waals surface area contributed by atoms with Gasteiger partial charge in [-0.2, -0.15) is 0 Å². The topological polar surface area (TPSA) is 42.0 Å². The predicted molar refractivity (Wildman–Crippen MR) is 70.8 cm³/mol. The first-order chi connectivity index (χ1) is 8.16. The third-order valence-electron chi connectivity index (χ3n) is 3.51. The zero-order chi connectivity index (χ0) is 12.3. The van der Waals surface area contributed by atoms with Crippen molar-refractivity contribution >= 4 is 21.8 Å². The number of hydrogen-bond acceptors (Lipinski definition) is 2. The quantitative estimate of drug-likeness (QED) is 0.871. The summed E-state index contributed by atoms with van der Waals surface area (Å²) in [6.45, 7) is 3.04. The van der Waals surface area contributed by atoms with Gasteiger partial charge in [0, 0.05) is 6.54 Å². The fourth-order valence-electron chi connectivity index (χ4n) is 2.37. The molecule has 1 aliphatic carbocycles. The lowest BCUT2D eigenvalue weighted by atomic mass is 9.98. The molecule has 2 unspecified atom stereocenters. The zero-order valence-corrected chi connectivity index (χ0v) is 11.5. The Morgan fingerprint density at radius 3 is 3.00 bits per heavy atom. The van der Waals surface area contributed by atoms with Crippen molar-refractivity contribution in [3.63, 3.8) is 0 Å². The van der Waals surface area contributed by atoms with Gasteiger partial charge in [0.2, 0.25) is 0 Å². The Labute approximate surface area is 110 Å². The van der Waals surface area contributed by atoms with Gasteiger partial charge in [-0.1, -0.05) is 25.8 Å². The van der Waals surface area contributed by atoms with Crippen molar-refractivity contribution in [2.45, 2.75) is 26.2 Å². The van der Waals surface area contributed by atoms with Gasteiger partial charge in [-0.05, 0) is 46.3 Å². The minimum absolute atomic E-state index is 0.0783. The predicted octanol–water partition coefficient (Wildman–Crippen LogP) is 3.01. The highest BCUT2D eigenvalue weighted by molar-refractivity contribution is 9.10. The number of nitrogens with zero attached hydrogens (tertiary/aromatic N) is 1. The van der Waals surface area contributed by atoms with Crippen LogP contribution in [-0.2, 0) is 0 Å². The maximum atomic E-state index is 11.9. The van der Waals surface area contributed by atoms with Crippen LogP contribution in [0.5, 0.6) is 0 Å². The third kappa shape index (κ3) is 3.28. The standard InChI is InChI=1S/C13H17BrN2O/c1-9-4-2-5-10(9)8-15-13(17)11-6-3-7-12(14)16-11/h3,6-7,9-10H,2,4-5,8H2,1H3,(H,15,17). The Kier molecular flexibility index (Phi) is 4.15. The molecule has 4 heteroatoms. The smallest absolute Gasteiger partial charge is 0.269 e. The van der Waals surface area contributed by atoms with E-state index in [1.54, 1.807) is 6.07 Å². The van der Waals surface area contributed by atoms with Crippen molar-refractivity contribution in [2.75, 3.05) is 6.54 Å². The van der Waals surface area contributed by atoms with Crippen LogP contribution < -0.4 is 5.32 Å². The molecule has 17 heavy (non-hydrogen) atoms. The molecule has 1 saturated carbocycles. The van der Waals surface area contributed by atoms with E-state index < -0.39 is 0 Å². The maximum Gasteiger partial charge on any atom is 0.269 e. The molecule has 92 valence electrons. The van der Waals surface area contributed by atoms with Crippen LogP contribution in [-0.4, -0.2) is 17.4 Å². The van der Waals surface area contributed by atoms with Gasteiger partial charge in [-0.3, -0.25) is 4.79 Å². The molecule has 0 aliphatic heterocycles. The summed E-state index contributed by atoms with van der Waals surface area (Å²) >= 11 is 3.27. The first kappa shape index (κ1) is 12.6. The highest BCUT2D eigenvalue weighted by atomic mass is 79.9. The summed E-state index contributed by atoms with van der Waals surface area (Å²) < 4.78 is 0.694. The summed E-state index contributed by atoms with van der Waals surface area (Å²) in [6, 6.07) is 5.37. The normalized spacial score (nSPS) is 23.6. The summed E-state index contributed by atoms with van der Waals surface area (Å²) in [5.74, 6) is 1.28. The van der Waals surface area contributed by atoms with Gasteiger partial charge in [-0.15, -0.1) is 0 Å². The molecule has 1 aliphatic rings. The molecule has 1 fully saturated rings. The molecule has 1 amide bonds. The van der Waals surface area contributed by atoms with Gasteiger partial charge in [0.05, 0.1) is 0 Å². The molecule has 1 N–H and O–H groups in total. The second-order valence-electron chi connectivity index (χ2n) is 4.72. The number of halogens is 1. The van der Waals surface area contributed by atoms with Crippen LogP contribution in [0.15, 0.2) is 22.8 Å². The molecule has 0 saturated heterocycles. The Bertz CT molecular complexity index is 408.